The molecule has 0 aliphatic heterocycles. The molecule has 11 heteroatoms. The van der Waals surface area contributed by atoms with Gasteiger partial charge in [-0.25, -0.2) is 4.79 Å². The molecule has 182 valence electrons. The van der Waals surface area contributed by atoms with Crippen molar-refractivity contribution in [2.45, 2.75) is 91.9 Å². The van der Waals surface area contributed by atoms with E-state index in [1.54, 1.807) is 0 Å². The van der Waals surface area contributed by atoms with E-state index in [9.17, 15) is 39.0 Å². The molecule has 0 spiro atoms. The third kappa shape index (κ3) is 35.5. The minimum Gasteiger partial charge on any atom is -0.550 e. The molecular weight excluding hydrogens is 460 g/mol. The summed E-state index contributed by atoms with van der Waals surface area (Å²) in [6.45, 7) is 7.81. The van der Waals surface area contributed by atoms with Crippen molar-refractivity contribution in [3.05, 3.63) is 0 Å². The molecule has 0 aliphatic carbocycles. The quantitative estimate of drug-likeness (QED) is 0.103. The molecule has 0 radical (unpaired) electrons. The van der Waals surface area contributed by atoms with Crippen LogP contribution in [-0.2, 0) is 60.3 Å². The number of carbonyl (C=O) groups excluding carboxylic acids is 6. The van der Waals surface area contributed by atoms with Gasteiger partial charge < -0.3 is 19.8 Å². The monoisotopic (exact) mass is 494 g/mol. The Kier molecular flexibility index (Phi) is 31.7. The first-order valence-corrected chi connectivity index (χ1v) is 10.3. The fraction of sp³-hybridized carbons (Fsp3) is 0.714. The number of ketones is 3. The van der Waals surface area contributed by atoms with Crippen LogP contribution in [0.15, 0.2) is 0 Å². The van der Waals surface area contributed by atoms with Crippen LogP contribution in [-0.4, -0.2) is 41.9 Å². The van der Waals surface area contributed by atoms with E-state index in [1.165, 1.54) is 0 Å². The molecule has 0 aromatic rings. The zero-order valence-electron chi connectivity index (χ0n) is 19.4. The van der Waals surface area contributed by atoms with E-state index < -0.39 is 30.7 Å². The Labute approximate surface area is 204 Å². The summed E-state index contributed by atoms with van der Waals surface area (Å²) in [6, 6.07) is 0. The maximum absolute atomic E-state index is 10.9. The predicted molar refractivity (Wildman–Crippen MR) is 106 cm³/mol. The van der Waals surface area contributed by atoms with Crippen LogP contribution >= 0.6 is 0 Å². The van der Waals surface area contributed by atoms with Gasteiger partial charge in [0.15, 0.2) is 0 Å². The van der Waals surface area contributed by atoms with E-state index in [0.29, 0.717) is 38.7 Å². The normalized spacial score (nSPS) is 9.00. The molecular formula is C21H34O10Ti. The number of hydrogen-bond acceptors (Lipinski definition) is 10. The zero-order valence-corrected chi connectivity index (χ0v) is 20.9. The fourth-order valence-electron chi connectivity index (χ4n) is 1.80. The Balaban J connectivity index is -0.000000186. The van der Waals surface area contributed by atoms with Gasteiger partial charge in [0.1, 0.15) is 23.8 Å². The molecule has 0 atom stereocenters. The van der Waals surface area contributed by atoms with E-state index in [4.69, 9.17) is 0 Å². The first-order valence-electron chi connectivity index (χ1n) is 10.3. The molecule has 0 saturated heterocycles. The molecule has 0 saturated carbocycles. The van der Waals surface area contributed by atoms with Crippen LogP contribution in [0.4, 0.5) is 0 Å². The topological polar surface area (TPSA) is 167 Å². The van der Waals surface area contributed by atoms with Gasteiger partial charge in [-0.15, -0.1) is 0 Å². The SMILES string of the molecule is CCCC(=O)CC(=O)[O-].CCCC(=O)CC(=O)[O-].CCCOOC(=O)CC(=O)CCC.[Ti+2]. The number of aliphatic carboxylic acids is 2. The van der Waals surface area contributed by atoms with Crippen molar-refractivity contribution in [1.29, 1.82) is 0 Å². The van der Waals surface area contributed by atoms with Gasteiger partial charge in [0.2, 0.25) is 0 Å². The Hall–Kier alpha value is -1.91. The molecule has 0 amide bonds. The van der Waals surface area contributed by atoms with Gasteiger partial charge in [-0.05, 0) is 25.7 Å². The molecule has 0 N–H and O–H groups in total. The molecule has 32 heavy (non-hydrogen) atoms. The Morgan fingerprint density at radius 2 is 0.938 bits per heavy atom. The molecule has 0 rings (SSSR count). The van der Waals surface area contributed by atoms with Crippen molar-refractivity contribution in [2.24, 2.45) is 0 Å². The van der Waals surface area contributed by atoms with Crippen molar-refractivity contribution in [3.63, 3.8) is 0 Å². The summed E-state index contributed by atoms with van der Waals surface area (Å²) < 4.78 is 0. The molecule has 10 nitrogen and oxygen atoms in total. The molecule has 0 heterocycles. The Morgan fingerprint density at radius 3 is 1.22 bits per heavy atom. The van der Waals surface area contributed by atoms with E-state index in [-0.39, 0.29) is 45.5 Å². The van der Waals surface area contributed by atoms with Gasteiger partial charge in [-0.1, -0.05) is 27.7 Å². The van der Waals surface area contributed by atoms with Crippen LogP contribution in [0, 0.1) is 0 Å². The number of carboxylic acids is 2. The number of Topliss-reactive ketones (excluding diaryl/α,β-unsaturated/α-hetero) is 3. The van der Waals surface area contributed by atoms with Gasteiger partial charge >= 0.3 is 27.7 Å². The second-order valence-corrected chi connectivity index (χ2v) is 6.42. The average molecular weight is 494 g/mol. The molecule has 0 bridgehead atoms. The van der Waals surface area contributed by atoms with Crippen LogP contribution in [0.1, 0.15) is 91.9 Å². The summed E-state index contributed by atoms with van der Waals surface area (Å²) in [5, 5.41) is 19.5. The minimum atomic E-state index is -1.28. The maximum atomic E-state index is 10.9. The first-order chi connectivity index (χ1) is 14.5. The summed E-state index contributed by atoms with van der Waals surface area (Å²) in [4.78, 5) is 71.0. The van der Waals surface area contributed by atoms with Gasteiger partial charge in [0.05, 0.1) is 6.61 Å². The summed E-state index contributed by atoms with van der Waals surface area (Å²) in [6.07, 6.45) is 2.97. The largest absolute Gasteiger partial charge is 2.00 e. The molecule has 0 aromatic heterocycles. The molecule has 0 aliphatic rings. The van der Waals surface area contributed by atoms with Gasteiger partial charge in [0.25, 0.3) is 0 Å². The number of carbonyl (C=O) groups is 6. The summed E-state index contributed by atoms with van der Waals surface area (Å²) in [5.74, 6) is -3.78. The van der Waals surface area contributed by atoms with Crippen LogP contribution in [0.5, 0.6) is 0 Å². The smallest absolute Gasteiger partial charge is 0.550 e. The average Bonchev–Trinajstić information content (AvgIpc) is 2.62. The van der Waals surface area contributed by atoms with E-state index >= 15 is 0 Å². The molecule has 0 unspecified atom stereocenters. The van der Waals surface area contributed by atoms with Crippen LogP contribution in [0.2, 0.25) is 0 Å². The molecule has 0 fully saturated rings. The Morgan fingerprint density at radius 1 is 0.594 bits per heavy atom. The summed E-state index contributed by atoms with van der Waals surface area (Å²) >= 11 is 0. The van der Waals surface area contributed by atoms with Gasteiger partial charge in [0, 0.05) is 44.0 Å². The van der Waals surface area contributed by atoms with Gasteiger partial charge in [-0.3, -0.25) is 19.3 Å². The zero-order chi connectivity index (χ0) is 24.7. The molecule has 0 aromatic carbocycles. The van der Waals surface area contributed by atoms with E-state index in [0.717, 1.165) is 12.8 Å². The second-order valence-electron chi connectivity index (χ2n) is 6.42. The first kappa shape index (κ1) is 37.4. The third-order valence-electron chi connectivity index (χ3n) is 3.05. The third-order valence-corrected chi connectivity index (χ3v) is 3.05. The van der Waals surface area contributed by atoms with E-state index in [2.05, 4.69) is 9.78 Å². The second kappa shape index (κ2) is 27.1. The van der Waals surface area contributed by atoms with Crippen molar-refractivity contribution in [3.8, 4) is 0 Å². The van der Waals surface area contributed by atoms with Crippen LogP contribution < -0.4 is 10.2 Å². The predicted octanol–water partition coefficient (Wildman–Crippen LogP) is 0.619. The van der Waals surface area contributed by atoms with Crippen LogP contribution in [0.25, 0.3) is 0 Å². The number of carboxylic acid groups (broad SMARTS) is 2. The van der Waals surface area contributed by atoms with Crippen molar-refractivity contribution in [2.75, 3.05) is 6.61 Å². The van der Waals surface area contributed by atoms with Crippen LogP contribution in [0.3, 0.4) is 0 Å². The number of hydrogen-bond donors (Lipinski definition) is 0. The standard InChI is InChI=1S/C9H16O4.2C6H10O3.Ti/c1-3-5-8(10)7-9(11)13-12-6-4-2;2*1-2-3-5(7)4-6(8)9;/h3-7H2,1-2H3;2*2-4H2,1H3,(H,8,9);/q;;;+2/p-2. The summed E-state index contributed by atoms with van der Waals surface area (Å²) in [7, 11) is 0. The maximum Gasteiger partial charge on any atom is 2.00 e. The van der Waals surface area contributed by atoms with Crippen molar-refractivity contribution < 1.29 is 70.5 Å². The Bertz CT molecular complexity index is 531. The fourth-order valence-corrected chi connectivity index (χ4v) is 1.80. The van der Waals surface area contributed by atoms with E-state index in [1.807, 2.05) is 27.7 Å². The number of rotatable bonds is 15. The minimum absolute atomic E-state index is 0. The van der Waals surface area contributed by atoms with Crippen molar-refractivity contribution >= 4 is 35.3 Å². The van der Waals surface area contributed by atoms with Gasteiger partial charge in [-0.2, -0.15) is 4.89 Å². The van der Waals surface area contributed by atoms with Crippen molar-refractivity contribution in [1.82, 2.24) is 0 Å². The summed E-state index contributed by atoms with van der Waals surface area (Å²) in [5.41, 5.74) is 0.